The highest BCUT2D eigenvalue weighted by molar-refractivity contribution is 5.73. The van der Waals surface area contributed by atoms with Gasteiger partial charge < -0.3 is 9.88 Å². The third-order valence-electron chi connectivity index (χ3n) is 3.14. The zero-order chi connectivity index (χ0) is 11.4. The van der Waals surface area contributed by atoms with Gasteiger partial charge in [0.15, 0.2) is 0 Å². The minimum absolute atomic E-state index is 0.827. The summed E-state index contributed by atoms with van der Waals surface area (Å²) in [7, 11) is 1.76. The first kappa shape index (κ1) is 11.2. The van der Waals surface area contributed by atoms with E-state index in [0.717, 1.165) is 18.6 Å². The van der Waals surface area contributed by atoms with Crippen molar-refractivity contribution in [2.24, 2.45) is 0 Å². The molecule has 2 heterocycles. The van der Waals surface area contributed by atoms with Crippen LogP contribution in [-0.2, 0) is 11.3 Å². The van der Waals surface area contributed by atoms with Gasteiger partial charge in [-0.25, -0.2) is 0 Å². The molecule has 4 nitrogen and oxygen atoms in total. The molecule has 0 bridgehead atoms. The van der Waals surface area contributed by atoms with E-state index in [1.54, 1.807) is 11.9 Å². The van der Waals surface area contributed by atoms with Crippen molar-refractivity contribution in [3.8, 4) is 0 Å². The van der Waals surface area contributed by atoms with Gasteiger partial charge in [0, 0.05) is 25.5 Å². The van der Waals surface area contributed by atoms with Gasteiger partial charge in [0.1, 0.15) is 0 Å². The Morgan fingerprint density at radius 3 is 2.88 bits per heavy atom. The third kappa shape index (κ3) is 2.64. The Labute approximate surface area is 96.2 Å². The first-order chi connectivity index (χ1) is 7.79. The Morgan fingerprint density at radius 2 is 2.19 bits per heavy atom. The first-order valence-electron chi connectivity index (χ1n) is 5.87. The number of amides is 1. The van der Waals surface area contributed by atoms with E-state index in [1.165, 1.54) is 38.0 Å². The minimum Gasteiger partial charge on any atom is -0.362 e. The normalized spacial score (nSPS) is 17.3. The molecular weight excluding hydrogens is 202 g/mol. The molecule has 1 aromatic heterocycles. The van der Waals surface area contributed by atoms with Crippen molar-refractivity contribution in [1.29, 1.82) is 0 Å². The van der Waals surface area contributed by atoms with Crippen molar-refractivity contribution in [1.82, 2.24) is 9.88 Å². The average Bonchev–Trinajstić information content (AvgIpc) is 2.78. The summed E-state index contributed by atoms with van der Waals surface area (Å²) in [6.07, 6.45) is 6.69. The third-order valence-corrected chi connectivity index (χ3v) is 3.14. The highest BCUT2D eigenvalue weighted by Crippen LogP contribution is 2.16. The van der Waals surface area contributed by atoms with Gasteiger partial charge in [-0.2, -0.15) is 0 Å². The van der Waals surface area contributed by atoms with Gasteiger partial charge in [0.05, 0.1) is 5.69 Å². The van der Waals surface area contributed by atoms with Crippen molar-refractivity contribution in [3.63, 3.8) is 0 Å². The quantitative estimate of drug-likeness (QED) is 0.784. The average molecular weight is 221 g/mol. The minimum atomic E-state index is 0.827. The number of piperidine rings is 1. The zero-order valence-corrected chi connectivity index (χ0v) is 9.78. The van der Waals surface area contributed by atoms with E-state index in [-0.39, 0.29) is 0 Å². The zero-order valence-electron chi connectivity index (χ0n) is 9.78. The van der Waals surface area contributed by atoms with Gasteiger partial charge >= 0.3 is 0 Å². The van der Waals surface area contributed by atoms with Gasteiger partial charge in [0.2, 0.25) is 6.41 Å². The lowest BCUT2D eigenvalue weighted by molar-refractivity contribution is -0.107. The smallest absolute Gasteiger partial charge is 0.213 e. The van der Waals surface area contributed by atoms with E-state index in [0.29, 0.717) is 0 Å². The number of likely N-dealkylation sites (tertiary alicyclic amines) is 1. The number of anilines is 1. The maximum atomic E-state index is 10.6. The Balaban J connectivity index is 1.93. The van der Waals surface area contributed by atoms with Gasteiger partial charge in [-0.15, -0.1) is 0 Å². The fourth-order valence-corrected chi connectivity index (χ4v) is 2.14. The predicted molar refractivity (Wildman–Crippen MR) is 64.4 cm³/mol. The van der Waals surface area contributed by atoms with Crippen LogP contribution in [0.2, 0.25) is 0 Å². The molecule has 1 saturated heterocycles. The topological polar surface area (TPSA) is 39.3 Å². The number of hydrogen-bond acceptors (Lipinski definition) is 2. The van der Waals surface area contributed by atoms with E-state index in [9.17, 15) is 4.79 Å². The fraction of sp³-hybridized carbons (Fsp3) is 0.583. The van der Waals surface area contributed by atoms with Crippen LogP contribution >= 0.6 is 0 Å². The number of carbonyl (C=O) groups excluding carboxylic acids is 1. The SMILES string of the molecule is CN(C=O)c1c[nH]c(CN2CCCCC2)c1. The second-order valence-corrected chi connectivity index (χ2v) is 4.44. The molecule has 16 heavy (non-hydrogen) atoms. The molecule has 1 aliphatic heterocycles. The van der Waals surface area contributed by atoms with Crippen molar-refractivity contribution in [3.05, 3.63) is 18.0 Å². The molecular formula is C12H19N3O. The molecule has 0 atom stereocenters. The highest BCUT2D eigenvalue weighted by Gasteiger charge is 2.11. The maximum absolute atomic E-state index is 10.6. The lowest BCUT2D eigenvalue weighted by Gasteiger charge is -2.25. The summed E-state index contributed by atoms with van der Waals surface area (Å²) in [5.41, 5.74) is 2.12. The van der Waals surface area contributed by atoms with Crippen LogP contribution in [0.15, 0.2) is 12.3 Å². The first-order valence-corrected chi connectivity index (χ1v) is 5.87. The predicted octanol–water partition coefficient (Wildman–Crippen LogP) is 1.59. The number of carbonyl (C=O) groups is 1. The summed E-state index contributed by atoms with van der Waals surface area (Å²) in [6.45, 7) is 3.35. The van der Waals surface area contributed by atoms with Crippen LogP contribution in [0.25, 0.3) is 0 Å². The van der Waals surface area contributed by atoms with Crippen LogP contribution in [0.5, 0.6) is 0 Å². The summed E-state index contributed by atoms with van der Waals surface area (Å²) in [5, 5.41) is 0. The van der Waals surface area contributed by atoms with E-state index in [1.807, 2.05) is 12.3 Å². The van der Waals surface area contributed by atoms with Crippen LogP contribution in [0.1, 0.15) is 25.0 Å². The van der Waals surface area contributed by atoms with Gasteiger partial charge in [-0.05, 0) is 32.0 Å². The number of nitrogens with one attached hydrogen (secondary N) is 1. The molecule has 4 heteroatoms. The highest BCUT2D eigenvalue weighted by atomic mass is 16.1. The largest absolute Gasteiger partial charge is 0.362 e. The van der Waals surface area contributed by atoms with Crippen molar-refractivity contribution >= 4 is 12.1 Å². The Hall–Kier alpha value is -1.29. The van der Waals surface area contributed by atoms with Crippen LogP contribution < -0.4 is 4.90 Å². The van der Waals surface area contributed by atoms with Crippen molar-refractivity contribution in [2.45, 2.75) is 25.8 Å². The second kappa shape index (κ2) is 5.16. The van der Waals surface area contributed by atoms with E-state index >= 15 is 0 Å². The Morgan fingerprint density at radius 1 is 1.44 bits per heavy atom. The molecule has 0 radical (unpaired) electrons. The van der Waals surface area contributed by atoms with Crippen LogP contribution in [-0.4, -0.2) is 36.4 Å². The lowest BCUT2D eigenvalue weighted by Crippen LogP contribution is -2.29. The number of H-pyrrole nitrogens is 1. The number of rotatable bonds is 4. The molecule has 0 aromatic carbocycles. The van der Waals surface area contributed by atoms with Crippen LogP contribution in [0.3, 0.4) is 0 Å². The molecule has 1 amide bonds. The number of aromatic amines is 1. The summed E-state index contributed by atoms with van der Waals surface area (Å²) < 4.78 is 0. The van der Waals surface area contributed by atoms with Crippen LogP contribution in [0, 0.1) is 0 Å². The molecule has 1 aromatic rings. The summed E-state index contributed by atoms with van der Waals surface area (Å²) in [6, 6.07) is 2.04. The van der Waals surface area contributed by atoms with E-state index in [4.69, 9.17) is 0 Å². The molecule has 1 fully saturated rings. The summed E-state index contributed by atoms with van der Waals surface area (Å²) in [4.78, 5) is 17.9. The van der Waals surface area contributed by atoms with Gasteiger partial charge in [0.25, 0.3) is 0 Å². The van der Waals surface area contributed by atoms with Crippen LogP contribution in [0.4, 0.5) is 5.69 Å². The maximum Gasteiger partial charge on any atom is 0.213 e. The van der Waals surface area contributed by atoms with Gasteiger partial charge in [-0.1, -0.05) is 6.42 Å². The molecule has 1 N–H and O–H groups in total. The molecule has 2 rings (SSSR count). The number of hydrogen-bond donors (Lipinski definition) is 1. The van der Waals surface area contributed by atoms with Gasteiger partial charge in [-0.3, -0.25) is 9.69 Å². The van der Waals surface area contributed by atoms with Crippen molar-refractivity contribution < 1.29 is 4.79 Å². The molecule has 88 valence electrons. The Kier molecular flexibility index (Phi) is 3.62. The molecule has 0 spiro atoms. The Bertz CT molecular complexity index is 342. The van der Waals surface area contributed by atoms with E-state index < -0.39 is 0 Å². The monoisotopic (exact) mass is 221 g/mol. The summed E-state index contributed by atoms with van der Waals surface area (Å²) in [5.74, 6) is 0. The van der Waals surface area contributed by atoms with E-state index in [2.05, 4.69) is 9.88 Å². The molecule has 0 unspecified atom stereocenters. The number of aromatic nitrogens is 1. The summed E-state index contributed by atoms with van der Waals surface area (Å²) >= 11 is 0. The molecule has 1 aliphatic rings. The molecule has 0 aliphatic carbocycles. The standard InChI is InChI=1S/C12H19N3O/c1-14(10-16)12-7-11(13-8-12)9-15-5-3-2-4-6-15/h7-8,10,13H,2-6,9H2,1H3. The second-order valence-electron chi connectivity index (χ2n) is 4.44. The molecule has 0 saturated carbocycles. The number of nitrogens with zero attached hydrogens (tertiary/aromatic N) is 2. The fourth-order valence-electron chi connectivity index (χ4n) is 2.14. The van der Waals surface area contributed by atoms with Crippen molar-refractivity contribution in [2.75, 3.05) is 25.0 Å². The lowest BCUT2D eigenvalue weighted by atomic mass is 10.1.